The van der Waals surface area contributed by atoms with Crippen molar-refractivity contribution in [2.24, 2.45) is 10.9 Å². The van der Waals surface area contributed by atoms with Crippen LogP contribution >= 0.6 is 27.3 Å². The molecule has 1 atom stereocenters. The van der Waals surface area contributed by atoms with Crippen molar-refractivity contribution in [3.63, 3.8) is 0 Å². The van der Waals surface area contributed by atoms with Gasteiger partial charge >= 0.3 is 0 Å². The monoisotopic (exact) mass is 358 g/mol. The van der Waals surface area contributed by atoms with E-state index in [1.807, 2.05) is 30.5 Å². The normalized spacial score (nSPS) is 17.7. The summed E-state index contributed by atoms with van der Waals surface area (Å²) in [6.45, 7) is 2.28. The van der Waals surface area contributed by atoms with E-state index in [0.717, 1.165) is 33.4 Å². The predicted octanol–water partition coefficient (Wildman–Crippen LogP) is 5.26. The van der Waals surface area contributed by atoms with E-state index in [2.05, 4.69) is 33.9 Å². The van der Waals surface area contributed by atoms with Crippen LogP contribution in [0.5, 0.6) is 0 Å². The molecule has 0 spiro atoms. The van der Waals surface area contributed by atoms with Crippen LogP contribution in [0.4, 0.5) is 5.00 Å². The standard InChI is InChI=1S/C17H15BrN2S/c1-11-5-6-14-15(9-19)17(21-16(14)7-11)20-10-12-3-2-4-13(18)8-12/h2-4,8,10-11H,5-7H2,1H3. The summed E-state index contributed by atoms with van der Waals surface area (Å²) < 4.78 is 1.03. The Kier molecular flexibility index (Phi) is 4.23. The first kappa shape index (κ1) is 14.5. The number of nitriles is 1. The van der Waals surface area contributed by atoms with E-state index < -0.39 is 0 Å². The van der Waals surface area contributed by atoms with Gasteiger partial charge in [0.25, 0.3) is 0 Å². The van der Waals surface area contributed by atoms with E-state index in [9.17, 15) is 5.26 Å². The summed E-state index contributed by atoms with van der Waals surface area (Å²) in [4.78, 5) is 5.92. The molecular weight excluding hydrogens is 344 g/mol. The molecule has 106 valence electrons. The maximum atomic E-state index is 9.45. The summed E-state index contributed by atoms with van der Waals surface area (Å²) in [6.07, 6.45) is 5.11. The van der Waals surface area contributed by atoms with Crippen LogP contribution in [0.1, 0.15) is 34.9 Å². The van der Waals surface area contributed by atoms with Crippen LogP contribution < -0.4 is 0 Å². The Morgan fingerprint density at radius 3 is 3.10 bits per heavy atom. The van der Waals surface area contributed by atoms with Crippen LogP contribution in [0, 0.1) is 17.2 Å². The number of rotatable bonds is 2. The van der Waals surface area contributed by atoms with Gasteiger partial charge in [0.15, 0.2) is 0 Å². The summed E-state index contributed by atoms with van der Waals surface area (Å²) in [5.41, 5.74) is 3.06. The van der Waals surface area contributed by atoms with Crippen LogP contribution in [0.25, 0.3) is 0 Å². The van der Waals surface area contributed by atoms with Gasteiger partial charge in [-0.1, -0.05) is 35.0 Å². The molecule has 2 nitrogen and oxygen atoms in total. The minimum atomic E-state index is 0.713. The summed E-state index contributed by atoms with van der Waals surface area (Å²) in [6, 6.07) is 10.4. The first-order chi connectivity index (χ1) is 10.2. The van der Waals surface area contributed by atoms with Crippen LogP contribution in [0.2, 0.25) is 0 Å². The molecule has 4 heteroatoms. The number of benzene rings is 1. The maximum Gasteiger partial charge on any atom is 0.134 e. The smallest absolute Gasteiger partial charge is 0.134 e. The number of hydrogen-bond donors (Lipinski definition) is 0. The average Bonchev–Trinajstić information content (AvgIpc) is 2.81. The summed E-state index contributed by atoms with van der Waals surface area (Å²) in [5.74, 6) is 0.713. The largest absolute Gasteiger partial charge is 0.244 e. The van der Waals surface area contributed by atoms with E-state index in [-0.39, 0.29) is 0 Å². The summed E-state index contributed by atoms with van der Waals surface area (Å²) >= 11 is 5.14. The molecule has 0 aliphatic heterocycles. The van der Waals surface area contributed by atoms with E-state index in [1.165, 1.54) is 16.9 Å². The highest BCUT2D eigenvalue weighted by molar-refractivity contribution is 9.10. The highest BCUT2D eigenvalue weighted by atomic mass is 79.9. The van der Waals surface area contributed by atoms with Crippen molar-refractivity contribution in [2.45, 2.75) is 26.2 Å². The number of aliphatic imine (C=N–C) groups is 1. The third-order valence-electron chi connectivity index (χ3n) is 3.78. The van der Waals surface area contributed by atoms with Gasteiger partial charge in [0.1, 0.15) is 11.1 Å². The van der Waals surface area contributed by atoms with Gasteiger partial charge in [-0.2, -0.15) is 5.26 Å². The number of fused-ring (bicyclic) bond motifs is 1. The molecule has 1 aromatic heterocycles. The zero-order chi connectivity index (χ0) is 14.8. The van der Waals surface area contributed by atoms with Gasteiger partial charge in [0.2, 0.25) is 0 Å². The van der Waals surface area contributed by atoms with E-state index in [0.29, 0.717) is 5.92 Å². The Bertz CT molecular complexity index is 740. The van der Waals surface area contributed by atoms with Crippen molar-refractivity contribution in [1.29, 1.82) is 5.26 Å². The van der Waals surface area contributed by atoms with Gasteiger partial charge in [-0.05, 0) is 48.4 Å². The van der Waals surface area contributed by atoms with Crippen molar-refractivity contribution < 1.29 is 0 Å². The Labute approximate surface area is 137 Å². The predicted molar refractivity (Wildman–Crippen MR) is 91.6 cm³/mol. The van der Waals surface area contributed by atoms with Crippen molar-refractivity contribution in [2.75, 3.05) is 0 Å². The molecule has 0 amide bonds. The Morgan fingerprint density at radius 2 is 2.33 bits per heavy atom. The summed E-state index contributed by atoms with van der Waals surface area (Å²) in [7, 11) is 0. The van der Waals surface area contributed by atoms with Crippen LogP contribution in [0.3, 0.4) is 0 Å². The lowest BCUT2D eigenvalue weighted by molar-refractivity contribution is 0.507. The molecule has 0 bridgehead atoms. The zero-order valence-corrected chi connectivity index (χ0v) is 14.2. The van der Waals surface area contributed by atoms with E-state index in [4.69, 9.17) is 0 Å². The molecule has 1 unspecified atom stereocenters. The van der Waals surface area contributed by atoms with Gasteiger partial charge in [0, 0.05) is 15.6 Å². The Morgan fingerprint density at radius 1 is 1.48 bits per heavy atom. The number of hydrogen-bond acceptors (Lipinski definition) is 3. The molecular formula is C17H15BrN2S. The lowest BCUT2D eigenvalue weighted by Crippen LogP contribution is -2.09. The number of thiophene rings is 1. The molecule has 0 saturated heterocycles. The molecule has 0 fully saturated rings. The molecule has 1 heterocycles. The van der Waals surface area contributed by atoms with Gasteiger partial charge in [-0.15, -0.1) is 11.3 Å². The molecule has 0 saturated carbocycles. The molecule has 0 N–H and O–H groups in total. The lowest BCUT2D eigenvalue weighted by atomic mass is 9.89. The lowest BCUT2D eigenvalue weighted by Gasteiger charge is -2.17. The van der Waals surface area contributed by atoms with Gasteiger partial charge in [-0.25, -0.2) is 4.99 Å². The minimum absolute atomic E-state index is 0.713. The molecule has 0 radical (unpaired) electrons. The fourth-order valence-corrected chi connectivity index (χ4v) is 4.38. The maximum absolute atomic E-state index is 9.45. The highest BCUT2D eigenvalue weighted by Gasteiger charge is 2.23. The third kappa shape index (κ3) is 3.09. The molecule has 2 aromatic rings. The van der Waals surface area contributed by atoms with Crippen molar-refractivity contribution in [1.82, 2.24) is 0 Å². The molecule has 1 aliphatic rings. The first-order valence-corrected chi connectivity index (χ1v) is 8.62. The molecule has 1 aromatic carbocycles. The Balaban J connectivity index is 1.94. The SMILES string of the molecule is CC1CCc2c(sc(N=Cc3cccc(Br)c3)c2C#N)C1. The number of halogens is 1. The molecule has 21 heavy (non-hydrogen) atoms. The Hall–Kier alpha value is -1.44. The van der Waals surface area contributed by atoms with Crippen LogP contribution in [0.15, 0.2) is 33.7 Å². The van der Waals surface area contributed by atoms with E-state index in [1.54, 1.807) is 11.3 Å². The van der Waals surface area contributed by atoms with Crippen LogP contribution in [-0.4, -0.2) is 6.21 Å². The van der Waals surface area contributed by atoms with Crippen LogP contribution in [-0.2, 0) is 12.8 Å². The fraction of sp³-hybridized carbons (Fsp3) is 0.294. The summed E-state index contributed by atoms with van der Waals surface area (Å²) in [5, 5.41) is 10.3. The van der Waals surface area contributed by atoms with Crippen molar-refractivity contribution in [3.8, 4) is 6.07 Å². The fourth-order valence-electron chi connectivity index (χ4n) is 2.66. The minimum Gasteiger partial charge on any atom is -0.244 e. The second-order valence-electron chi connectivity index (χ2n) is 5.46. The van der Waals surface area contributed by atoms with Gasteiger partial charge < -0.3 is 0 Å². The second kappa shape index (κ2) is 6.13. The molecule has 3 rings (SSSR count). The third-order valence-corrected chi connectivity index (χ3v) is 5.44. The van der Waals surface area contributed by atoms with Crippen molar-refractivity contribution in [3.05, 3.63) is 50.3 Å². The zero-order valence-electron chi connectivity index (χ0n) is 11.8. The topological polar surface area (TPSA) is 36.1 Å². The van der Waals surface area contributed by atoms with Crippen molar-refractivity contribution >= 4 is 38.5 Å². The highest BCUT2D eigenvalue weighted by Crippen LogP contribution is 2.40. The number of nitrogens with zero attached hydrogens (tertiary/aromatic N) is 2. The molecule has 1 aliphatic carbocycles. The van der Waals surface area contributed by atoms with Gasteiger partial charge in [0.05, 0.1) is 5.56 Å². The second-order valence-corrected chi connectivity index (χ2v) is 7.46. The van der Waals surface area contributed by atoms with E-state index >= 15 is 0 Å². The first-order valence-electron chi connectivity index (χ1n) is 7.01. The quantitative estimate of drug-likeness (QED) is 0.674. The average molecular weight is 359 g/mol. The van der Waals surface area contributed by atoms with Gasteiger partial charge in [-0.3, -0.25) is 0 Å².